The van der Waals surface area contributed by atoms with Crippen LogP contribution in [0.5, 0.6) is 5.88 Å². The fourth-order valence-electron chi connectivity index (χ4n) is 2.57. The maximum Gasteiger partial charge on any atom is 0.213 e. The molecule has 0 radical (unpaired) electrons. The average Bonchev–Trinajstić information content (AvgIpc) is 2.34. The molecule has 2 N–H and O–H groups in total. The summed E-state index contributed by atoms with van der Waals surface area (Å²) in [6.07, 6.45) is 6.59. The summed E-state index contributed by atoms with van der Waals surface area (Å²) >= 11 is 0. The molecule has 0 spiro atoms. The number of rotatable bonds is 3. The zero-order valence-corrected chi connectivity index (χ0v) is 10.8. The van der Waals surface area contributed by atoms with Crippen molar-refractivity contribution in [1.29, 1.82) is 0 Å². The van der Waals surface area contributed by atoms with Crippen molar-refractivity contribution in [2.45, 2.75) is 52.1 Å². The first-order valence-corrected chi connectivity index (χ1v) is 6.60. The molecular weight excluding hydrogens is 212 g/mol. The lowest BCUT2D eigenvalue weighted by atomic mass is 9.85. The number of aryl methyl sites for hydroxylation is 1. The van der Waals surface area contributed by atoms with Crippen molar-refractivity contribution < 1.29 is 4.74 Å². The van der Waals surface area contributed by atoms with Crippen LogP contribution in [0.25, 0.3) is 0 Å². The molecule has 17 heavy (non-hydrogen) atoms. The van der Waals surface area contributed by atoms with Crippen molar-refractivity contribution in [2.75, 3.05) is 5.73 Å². The lowest BCUT2D eigenvalue weighted by Crippen LogP contribution is -2.30. The highest BCUT2D eigenvalue weighted by atomic mass is 16.5. The van der Waals surface area contributed by atoms with E-state index in [1.54, 1.807) is 0 Å². The van der Waals surface area contributed by atoms with Crippen LogP contribution in [0, 0.1) is 12.8 Å². The van der Waals surface area contributed by atoms with Gasteiger partial charge in [0.1, 0.15) is 6.10 Å². The molecule has 2 rings (SSSR count). The normalized spacial score (nSPS) is 24.6. The first-order chi connectivity index (χ1) is 8.20. The molecule has 0 saturated heterocycles. The van der Waals surface area contributed by atoms with Crippen LogP contribution in [0.3, 0.4) is 0 Å². The van der Waals surface area contributed by atoms with Gasteiger partial charge in [-0.15, -0.1) is 0 Å². The molecule has 0 amide bonds. The topological polar surface area (TPSA) is 48.1 Å². The minimum absolute atomic E-state index is 0.337. The van der Waals surface area contributed by atoms with Gasteiger partial charge in [0.25, 0.3) is 0 Å². The lowest BCUT2D eigenvalue weighted by molar-refractivity contribution is 0.0857. The van der Waals surface area contributed by atoms with E-state index in [1.807, 2.05) is 19.1 Å². The molecule has 1 aromatic heterocycles. The van der Waals surface area contributed by atoms with E-state index in [9.17, 15) is 0 Å². The number of hydrogen-bond acceptors (Lipinski definition) is 3. The highest BCUT2D eigenvalue weighted by Crippen LogP contribution is 2.30. The Morgan fingerprint density at radius 1 is 1.35 bits per heavy atom. The summed E-state index contributed by atoms with van der Waals surface area (Å²) in [5, 5.41) is 0. The summed E-state index contributed by atoms with van der Waals surface area (Å²) in [6, 6.07) is 3.76. The third-order valence-corrected chi connectivity index (χ3v) is 3.74. The van der Waals surface area contributed by atoms with Gasteiger partial charge in [-0.2, -0.15) is 0 Å². The molecule has 1 aliphatic rings. The first-order valence-electron chi connectivity index (χ1n) is 6.60. The van der Waals surface area contributed by atoms with Gasteiger partial charge in [-0.3, -0.25) is 0 Å². The van der Waals surface area contributed by atoms with E-state index in [4.69, 9.17) is 10.5 Å². The quantitative estimate of drug-likeness (QED) is 0.872. The number of nitrogens with two attached hydrogens (primary N) is 1. The fourth-order valence-corrected chi connectivity index (χ4v) is 2.57. The van der Waals surface area contributed by atoms with E-state index >= 15 is 0 Å². The number of ether oxygens (including phenoxy) is 1. The van der Waals surface area contributed by atoms with E-state index in [0.29, 0.717) is 12.0 Å². The monoisotopic (exact) mass is 234 g/mol. The Kier molecular flexibility index (Phi) is 3.87. The first kappa shape index (κ1) is 12.2. The largest absolute Gasteiger partial charge is 0.474 e. The SMILES string of the molecule is CCC1CCCCC1Oc1ccc(N)c(C)n1. The predicted molar refractivity (Wildman–Crippen MR) is 70.1 cm³/mol. The molecule has 2 atom stereocenters. The highest BCUT2D eigenvalue weighted by molar-refractivity contribution is 5.43. The van der Waals surface area contributed by atoms with E-state index < -0.39 is 0 Å². The van der Waals surface area contributed by atoms with Crippen molar-refractivity contribution in [3.63, 3.8) is 0 Å². The molecule has 3 nitrogen and oxygen atoms in total. The van der Waals surface area contributed by atoms with Crippen molar-refractivity contribution >= 4 is 5.69 Å². The smallest absolute Gasteiger partial charge is 0.213 e. The molecule has 0 aromatic carbocycles. The van der Waals surface area contributed by atoms with Crippen LogP contribution in [0.15, 0.2) is 12.1 Å². The Hall–Kier alpha value is -1.25. The van der Waals surface area contributed by atoms with Gasteiger partial charge in [0.2, 0.25) is 5.88 Å². The molecule has 2 unspecified atom stereocenters. The van der Waals surface area contributed by atoms with Crippen molar-refractivity contribution in [3.8, 4) is 5.88 Å². The van der Waals surface area contributed by atoms with Crippen LogP contribution < -0.4 is 10.5 Å². The zero-order valence-electron chi connectivity index (χ0n) is 10.8. The van der Waals surface area contributed by atoms with Gasteiger partial charge in [-0.1, -0.05) is 13.3 Å². The highest BCUT2D eigenvalue weighted by Gasteiger charge is 2.25. The standard InChI is InChI=1S/C14H22N2O/c1-3-11-6-4-5-7-13(11)17-14-9-8-12(15)10(2)16-14/h8-9,11,13H,3-7,15H2,1-2H3. The van der Waals surface area contributed by atoms with Crippen LogP contribution in [-0.2, 0) is 0 Å². The van der Waals surface area contributed by atoms with E-state index in [0.717, 1.165) is 23.7 Å². The molecular formula is C14H22N2O. The van der Waals surface area contributed by atoms with Crippen LogP contribution in [0.2, 0.25) is 0 Å². The lowest BCUT2D eigenvalue weighted by Gasteiger charge is -2.30. The molecule has 1 saturated carbocycles. The molecule has 1 aliphatic carbocycles. The number of nitrogens with zero attached hydrogens (tertiary/aromatic N) is 1. The average molecular weight is 234 g/mol. The van der Waals surface area contributed by atoms with E-state index in [-0.39, 0.29) is 0 Å². The zero-order chi connectivity index (χ0) is 12.3. The Labute approximate surface area is 103 Å². The number of aromatic nitrogens is 1. The van der Waals surface area contributed by atoms with Crippen LogP contribution >= 0.6 is 0 Å². The Bertz CT molecular complexity index is 378. The number of nitrogen functional groups attached to an aromatic ring is 1. The number of pyridine rings is 1. The Morgan fingerprint density at radius 3 is 2.82 bits per heavy atom. The number of anilines is 1. The fraction of sp³-hybridized carbons (Fsp3) is 0.643. The van der Waals surface area contributed by atoms with Crippen molar-refractivity contribution in [2.24, 2.45) is 5.92 Å². The van der Waals surface area contributed by atoms with E-state index in [1.165, 1.54) is 25.7 Å². The Morgan fingerprint density at radius 2 is 2.12 bits per heavy atom. The minimum Gasteiger partial charge on any atom is -0.474 e. The second-order valence-electron chi connectivity index (χ2n) is 4.93. The van der Waals surface area contributed by atoms with Gasteiger partial charge in [-0.25, -0.2) is 4.98 Å². The van der Waals surface area contributed by atoms with Gasteiger partial charge < -0.3 is 10.5 Å². The summed E-state index contributed by atoms with van der Waals surface area (Å²) < 4.78 is 6.03. The summed E-state index contributed by atoms with van der Waals surface area (Å²) in [7, 11) is 0. The molecule has 0 bridgehead atoms. The summed E-state index contributed by atoms with van der Waals surface area (Å²) in [6.45, 7) is 4.16. The number of hydrogen-bond donors (Lipinski definition) is 1. The minimum atomic E-state index is 0.337. The summed E-state index contributed by atoms with van der Waals surface area (Å²) in [5.41, 5.74) is 7.34. The van der Waals surface area contributed by atoms with Crippen LogP contribution in [-0.4, -0.2) is 11.1 Å². The second-order valence-corrected chi connectivity index (χ2v) is 4.93. The second kappa shape index (κ2) is 5.39. The van der Waals surface area contributed by atoms with Gasteiger partial charge in [0, 0.05) is 6.07 Å². The van der Waals surface area contributed by atoms with Crippen molar-refractivity contribution in [1.82, 2.24) is 4.98 Å². The van der Waals surface area contributed by atoms with Crippen LogP contribution in [0.1, 0.15) is 44.7 Å². The van der Waals surface area contributed by atoms with Gasteiger partial charge >= 0.3 is 0 Å². The molecule has 1 aromatic rings. The molecule has 3 heteroatoms. The summed E-state index contributed by atoms with van der Waals surface area (Å²) in [5.74, 6) is 1.41. The van der Waals surface area contributed by atoms with Crippen LogP contribution in [0.4, 0.5) is 5.69 Å². The third-order valence-electron chi connectivity index (χ3n) is 3.74. The maximum absolute atomic E-state index is 6.03. The summed E-state index contributed by atoms with van der Waals surface area (Å²) in [4.78, 5) is 4.39. The van der Waals surface area contributed by atoms with E-state index in [2.05, 4.69) is 11.9 Å². The molecule has 1 heterocycles. The van der Waals surface area contributed by atoms with Gasteiger partial charge in [0.15, 0.2) is 0 Å². The predicted octanol–water partition coefficient (Wildman–Crippen LogP) is 3.32. The maximum atomic E-state index is 6.03. The molecule has 0 aliphatic heterocycles. The third kappa shape index (κ3) is 2.90. The molecule has 1 fully saturated rings. The van der Waals surface area contributed by atoms with Crippen molar-refractivity contribution in [3.05, 3.63) is 17.8 Å². The van der Waals surface area contributed by atoms with Gasteiger partial charge in [0.05, 0.1) is 11.4 Å². The Balaban J connectivity index is 2.05. The molecule has 94 valence electrons. The van der Waals surface area contributed by atoms with Gasteiger partial charge in [-0.05, 0) is 44.6 Å².